The van der Waals surface area contributed by atoms with Gasteiger partial charge in [-0.15, -0.1) is 0 Å². The fourth-order valence-corrected chi connectivity index (χ4v) is 2.75. The Balaban J connectivity index is 2.70. The van der Waals surface area contributed by atoms with Crippen molar-refractivity contribution < 1.29 is 18.3 Å². The molecule has 0 radical (unpaired) electrons. The number of benzene rings is 1. The summed E-state index contributed by atoms with van der Waals surface area (Å²) in [6, 6.07) is 5.32. The number of hydrogen-bond donors (Lipinski definition) is 2. The smallest absolute Gasteiger partial charge is 0.303 e. The van der Waals surface area contributed by atoms with E-state index in [0.717, 1.165) is 0 Å². The molecule has 0 heterocycles. The molecule has 0 aromatic heterocycles. The number of hydrogen-bond acceptors (Lipinski definition) is 3. The third-order valence-corrected chi connectivity index (χ3v) is 4.13. The minimum absolute atomic E-state index is 0.0791. The molecule has 0 fully saturated rings. The van der Waals surface area contributed by atoms with Gasteiger partial charge in [-0.2, -0.15) is 0 Å². The van der Waals surface area contributed by atoms with Gasteiger partial charge in [0.15, 0.2) is 0 Å². The number of aliphatic carboxylic acids is 1. The van der Waals surface area contributed by atoms with Crippen LogP contribution in [0.25, 0.3) is 0 Å². The zero-order valence-electron chi connectivity index (χ0n) is 9.76. The molecule has 7 heteroatoms. The Hall–Kier alpha value is -1.11. The predicted molar refractivity (Wildman–Crippen MR) is 68.1 cm³/mol. The number of carboxylic acids is 1. The standard InChI is InChI=1S/C11H14ClNO4S/c1-8(2-7-11(14)15)13-18(16,17)10-5-3-9(12)4-6-10/h3-6,8,13H,2,7H2,1H3,(H,14,15). The molecule has 1 rings (SSSR count). The summed E-state index contributed by atoms with van der Waals surface area (Å²) in [6.07, 6.45) is 0.159. The molecule has 0 saturated carbocycles. The summed E-state index contributed by atoms with van der Waals surface area (Å²) in [5, 5.41) is 8.97. The molecule has 0 saturated heterocycles. The number of carbonyl (C=O) groups is 1. The minimum Gasteiger partial charge on any atom is -0.481 e. The summed E-state index contributed by atoms with van der Waals surface area (Å²) < 4.78 is 26.2. The fourth-order valence-electron chi connectivity index (χ4n) is 1.35. The summed E-state index contributed by atoms with van der Waals surface area (Å²) in [5.74, 6) is -0.951. The van der Waals surface area contributed by atoms with Crippen molar-refractivity contribution in [2.24, 2.45) is 0 Å². The Bertz CT molecular complexity index is 512. The maximum absolute atomic E-state index is 11.9. The molecule has 5 nitrogen and oxygen atoms in total. The van der Waals surface area contributed by atoms with Crippen LogP contribution in [0.3, 0.4) is 0 Å². The highest BCUT2D eigenvalue weighted by atomic mass is 35.5. The molecular formula is C11H14ClNO4S. The molecule has 2 N–H and O–H groups in total. The maximum atomic E-state index is 11.9. The molecular weight excluding hydrogens is 278 g/mol. The molecule has 100 valence electrons. The van der Waals surface area contributed by atoms with Gasteiger partial charge in [-0.3, -0.25) is 4.79 Å². The van der Waals surface area contributed by atoms with Crippen LogP contribution in [0, 0.1) is 0 Å². The van der Waals surface area contributed by atoms with E-state index in [1.54, 1.807) is 6.92 Å². The molecule has 0 spiro atoms. The first-order valence-corrected chi connectivity index (χ1v) is 7.17. The van der Waals surface area contributed by atoms with E-state index in [4.69, 9.17) is 16.7 Å². The molecule has 0 aliphatic carbocycles. The van der Waals surface area contributed by atoms with Crippen LogP contribution in [0.4, 0.5) is 0 Å². The van der Waals surface area contributed by atoms with Crippen molar-refractivity contribution in [1.29, 1.82) is 0 Å². The van der Waals surface area contributed by atoms with Crippen LogP contribution < -0.4 is 4.72 Å². The van der Waals surface area contributed by atoms with E-state index in [1.165, 1.54) is 24.3 Å². The Morgan fingerprint density at radius 1 is 1.39 bits per heavy atom. The minimum atomic E-state index is -3.63. The average Bonchev–Trinajstić information content (AvgIpc) is 2.26. The van der Waals surface area contributed by atoms with Crippen LogP contribution in [0.1, 0.15) is 19.8 Å². The Morgan fingerprint density at radius 3 is 2.44 bits per heavy atom. The van der Waals surface area contributed by atoms with Gasteiger partial charge in [0.2, 0.25) is 10.0 Å². The van der Waals surface area contributed by atoms with Gasteiger partial charge in [0.25, 0.3) is 0 Å². The second-order valence-electron chi connectivity index (χ2n) is 3.91. The van der Waals surface area contributed by atoms with Crippen molar-refractivity contribution >= 4 is 27.6 Å². The average molecular weight is 292 g/mol. The van der Waals surface area contributed by atoms with Gasteiger partial charge in [0, 0.05) is 17.5 Å². The van der Waals surface area contributed by atoms with Crippen molar-refractivity contribution in [1.82, 2.24) is 4.72 Å². The van der Waals surface area contributed by atoms with E-state index >= 15 is 0 Å². The Kier molecular flexibility index (Phi) is 5.13. The van der Waals surface area contributed by atoms with Crippen LogP contribution in [-0.2, 0) is 14.8 Å². The zero-order valence-corrected chi connectivity index (χ0v) is 11.3. The summed E-state index contributed by atoms with van der Waals surface area (Å²) in [6.45, 7) is 1.62. The van der Waals surface area contributed by atoms with Crippen molar-refractivity contribution in [2.75, 3.05) is 0 Å². The van der Waals surface area contributed by atoms with E-state index in [9.17, 15) is 13.2 Å². The van der Waals surface area contributed by atoms with E-state index < -0.39 is 22.0 Å². The van der Waals surface area contributed by atoms with Gasteiger partial charge < -0.3 is 5.11 Å². The SMILES string of the molecule is CC(CCC(=O)O)NS(=O)(=O)c1ccc(Cl)cc1. The molecule has 0 aliphatic rings. The molecule has 1 atom stereocenters. The third kappa shape index (κ3) is 4.64. The highest BCUT2D eigenvalue weighted by molar-refractivity contribution is 7.89. The molecule has 0 amide bonds. The summed E-state index contributed by atoms with van der Waals surface area (Å²) in [4.78, 5) is 10.5. The number of rotatable bonds is 6. The lowest BCUT2D eigenvalue weighted by Gasteiger charge is -2.13. The van der Waals surface area contributed by atoms with E-state index in [1.807, 2.05) is 0 Å². The first kappa shape index (κ1) is 14.9. The fraction of sp³-hybridized carbons (Fsp3) is 0.364. The van der Waals surface area contributed by atoms with Crippen LogP contribution in [0.5, 0.6) is 0 Å². The van der Waals surface area contributed by atoms with Gasteiger partial charge in [-0.05, 0) is 37.6 Å². The largest absolute Gasteiger partial charge is 0.481 e. The summed E-state index contributed by atoms with van der Waals surface area (Å²) >= 11 is 5.67. The molecule has 1 aromatic carbocycles. The van der Waals surface area contributed by atoms with Crippen molar-refractivity contribution in [3.8, 4) is 0 Å². The Morgan fingerprint density at radius 2 is 1.94 bits per heavy atom. The number of halogens is 1. The predicted octanol–water partition coefficient (Wildman–Crippen LogP) is 1.87. The molecule has 0 aliphatic heterocycles. The monoisotopic (exact) mass is 291 g/mol. The number of carboxylic acid groups (broad SMARTS) is 1. The van der Waals surface area contributed by atoms with Gasteiger partial charge in [0.05, 0.1) is 4.90 Å². The second-order valence-corrected chi connectivity index (χ2v) is 6.06. The summed E-state index contributed by atoms with van der Waals surface area (Å²) in [7, 11) is -3.63. The second kappa shape index (κ2) is 6.17. The lowest BCUT2D eigenvalue weighted by molar-refractivity contribution is -0.137. The van der Waals surface area contributed by atoms with Gasteiger partial charge in [-0.25, -0.2) is 13.1 Å². The third-order valence-electron chi connectivity index (χ3n) is 2.27. The van der Waals surface area contributed by atoms with Crippen molar-refractivity contribution in [2.45, 2.75) is 30.7 Å². The van der Waals surface area contributed by atoms with Crippen molar-refractivity contribution in [3.63, 3.8) is 0 Å². The molecule has 0 bridgehead atoms. The normalized spacial score (nSPS) is 13.2. The first-order chi connectivity index (χ1) is 8.31. The number of nitrogens with one attached hydrogen (secondary N) is 1. The van der Waals surface area contributed by atoms with E-state index in [2.05, 4.69) is 4.72 Å². The van der Waals surface area contributed by atoms with E-state index in [0.29, 0.717) is 5.02 Å². The van der Waals surface area contributed by atoms with Crippen LogP contribution in [-0.4, -0.2) is 25.5 Å². The topological polar surface area (TPSA) is 83.5 Å². The Labute approximate surface area is 111 Å². The molecule has 18 heavy (non-hydrogen) atoms. The first-order valence-electron chi connectivity index (χ1n) is 5.31. The quantitative estimate of drug-likeness (QED) is 0.838. The zero-order chi connectivity index (χ0) is 13.8. The number of sulfonamides is 1. The molecule has 1 aromatic rings. The van der Waals surface area contributed by atoms with Crippen LogP contribution in [0.15, 0.2) is 29.2 Å². The van der Waals surface area contributed by atoms with Gasteiger partial charge in [-0.1, -0.05) is 11.6 Å². The lowest BCUT2D eigenvalue weighted by atomic mass is 10.2. The van der Waals surface area contributed by atoms with Gasteiger partial charge in [0.1, 0.15) is 0 Å². The van der Waals surface area contributed by atoms with Crippen LogP contribution >= 0.6 is 11.6 Å². The van der Waals surface area contributed by atoms with Crippen molar-refractivity contribution in [3.05, 3.63) is 29.3 Å². The van der Waals surface area contributed by atoms with Crippen LogP contribution in [0.2, 0.25) is 5.02 Å². The summed E-state index contributed by atoms with van der Waals surface area (Å²) in [5.41, 5.74) is 0. The maximum Gasteiger partial charge on any atom is 0.303 e. The lowest BCUT2D eigenvalue weighted by Crippen LogP contribution is -2.32. The highest BCUT2D eigenvalue weighted by Crippen LogP contribution is 2.14. The molecule has 1 unspecified atom stereocenters. The van der Waals surface area contributed by atoms with E-state index in [-0.39, 0.29) is 17.7 Å². The highest BCUT2D eigenvalue weighted by Gasteiger charge is 2.17. The van der Waals surface area contributed by atoms with Gasteiger partial charge >= 0.3 is 5.97 Å².